The molecule has 0 fully saturated rings. The van der Waals surface area contributed by atoms with Crippen LogP contribution in [0.15, 0.2) is 45.2 Å². The average molecular weight is 436 g/mol. The molecule has 0 bridgehead atoms. The quantitative estimate of drug-likeness (QED) is 0.457. The zero-order chi connectivity index (χ0) is 22.9. The Balaban J connectivity index is 1.46. The molecular formula is C23H24N4O5. The number of carbonyl (C=O) groups excluding carboxylic acids is 2. The van der Waals surface area contributed by atoms with Crippen LogP contribution in [0.25, 0.3) is 22.2 Å². The number of pyridine rings is 2. The van der Waals surface area contributed by atoms with Crippen molar-refractivity contribution in [3.05, 3.63) is 59.3 Å². The number of aromatic nitrogens is 2. The number of hydrogen-bond donors (Lipinski definition) is 2. The number of nitrogens with zero attached hydrogens (tertiary/aromatic N) is 2. The summed E-state index contributed by atoms with van der Waals surface area (Å²) in [7, 11) is 1.52. The van der Waals surface area contributed by atoms with Crippen molar-refractivity contribution in [3.63, 3.8) is 0 Å². The first-order valence-corrected chi connectivity index (χ1v) is 10.1. The van der Waals surface area contributed by atoms with Gasteiger partial charge >= 0.3 is 0 Å². The number of rotatable bonds is 7. The zero-order valence-electron chi connectivity index (χ0n) is 18.3. The monoisotopic (exact) mass is 436 g/mol. The van der Waals surface area contributed by atoms with E-state index in [0.717, 1.165) is 11.4 Å². The van der Waals surface area contributed by atoms with Gasteiger partial charge in [-0.25, -0.2) is 9.97 Å². The van der Waals surface area contributed by atoms with E-state index in [9.17, 15) is 9.59 Å². The van der Waals surface area contributed by atoms with Crippen molar-refractivity contribution in [2.45, 2.75) is 26.3 Å². The van der Waals surface area contributed by atoms with Crippen molar-refractivity contribution < 1.29 is 23.2 Å². The highest BCUT2D eigenvalue weighted by Crippen LogP contribution is 2.20. The van der Waals surface area contributed by atoms with Crippen LogP contribution in [0.1, 0.15) is 39.4 Å². The van der Waals surface area contributed by atoms with Crippen LogP contribution in [0.5, 0.6) is 0 Å². The fourth-order valence-electron chi connectivity index (χ4n) is 3.42. The van der Waals surface area contributed by atoms with E-state index >= 15 is 0 Å². The summed E-state index contributed by atoms with van der Waals surface area (Å²) in [5.41, 5.74) is 3.02. The van der Waals surface area contributed by atoms with Gasteiger partial charge in [-0.15, -0.1) is 0 Å². The Morgan fingerprint density at radius 3 is 2.00 bits per heavy atom. The fraction of sp³-hybridized carbons (Fsp3) is 0.304. The van der Waals surface area contributed by atoms with E-state index < -0.39 is 17.4 Å². The lowest BCUT2D eigenvalue weighted by molar-refractivity contribution is 0.0733. The molecule has 0 unspecified atom stereocenters. The van der Waals surface area contributed by atoms with E-state index in [2.05, 4.69) is 20.6 Å². The number of nitrogens with one attached hydrogen (secondary N) is 2. The largest absolute Gasteiger partial charge is 0.449 e. The van der Waals surface area contributed by atoms with Crippen molar-refractivity contribution in [2.24, 2.45) is 0 Å². The van der Waals surface area contributed by atoms with Crippen LogP contribution in [0.2, 0.25) is 0 Å². The Kier molecular flexibility index (Phi) is 5.67. The second-order valence-corrected chi connectivity index (χ2v) is 8.02. The van der Waals surface area contributed by atoms with Crippen molar-refractivity contribution in [2.75, 3.05) is 20.3 Å². The van der Waals surface area contributed by atoms with Gasteiger partial charge in [0.05, 0.1) is 12.1 Å². The molecule has 4 aromatic heterocycles. The van der Waals surface area contributed by atoms with Gasteiger partial charge in [-0.05, 0) is 45.0 Å². The first-order valence-electron chi connectivity index (χ1n) is 10.1. The molecule has 166 valence electrons. The summed E-state index contributed by atoms with van der Waals surface area (Å²) in [6, 6.07) is 10.3. The molecule has 4 aromatic rings. The van der Waals surface area contributed by atoms with Crippen LogP contribution in [0.4, 0.5) is 0 Å². The molecule has 0 aliphatic rings. The summed E-state index contributed by atoms with van der Waals surface area (Å²) in [5.74, 6) is -0.577. The van der Waals surface area contributed by atoms with Gasteiger partial charge in [-0.3, -0.25) is 9.59 Å². The van der Waals surface area contributed by atoms with Crippen LogP contribution in [0.3, 0.4) is 0 Å². The van der Waals surface area contributed by atoms with Crippen LogP contribution in [-0.2, 0) is 4.74 Å². The molecule has 0 saturated carbocycles. The second kappa shape index (κ2) is 8.43. The Labute approximate surface area is 184 Å². The molecule has 0 spiro atoms. The van der Waals surface area contributed by atoms with Gasteiger partial charge in [0, 0.05) is 37.2 Å². The summed E-state index contributed by atoms with van der Waals surface area (Å²) in [4.78, 5) is 34.2. The molecule has 1 atom stereocenters. The topological polar surface area (TPSA) is 119 Å². The molecule has 2 N–H and O–H groups in total. The minimum Gasteiger partial charge on any atom is -0.449 e. The molecule has 4 heterocycles. The normalized spacial score (nSPS) is 13.2. The van der Waals surface area contributed by atoms with Crippen LogP contribution >= 0.6 is 0 Å². The van der Waals surface area contributed by atoms with Crippen LogP contribution in [0, 0.1) is 13.8 Å². The minimum absolute atomic E-state index is 0.104. The maximum absolute atomic E-state index is 12.8. The smallest absolute Gasteiger partial charge is 0.287 e. The standard InChI is InChI=1S/C23H24N4O5/c1-13-5-7-17-15(25-13)9-19(31-17)21(28)24-11-23(3,12-30-4)27-22(29)20-10-16-18(32-20)8-6-14(2)26-16/h5-10H,11-12H2,1-4H3,(H,24,28)(H,27,29)/t23-/m1/s1. The highest BCUT2D eigenvalue weighted by Gasteiger charge is 2.30. The number of hydrogen-bond acceptors (Lipinski definition) is 7. The number of carbonyl (C=O) groups is 2. The molecule has 4 rings (SSSR count). The number of amides is 2. The van der Waals surface area contributed by atoms with Gasteiger partial charge in [0.2, 0.25) is 0 Å². The lowest BCUT2D eigenvalue weighted by atomic mass is 10.0. The highest BCUT2D eigenvalue weighted by molar-refractivity contribution is 5.96. The van der Waals surface area contributed by atoms with E-state index in [0.29, 0.717) is 22.2 Å². The van der Waals surface area contributed by atoms with Crippen molar-refractivity contribution in [1.82, 2.24) is 20.6 Å². The van der Waals surface area contributed by atoms with Gasteiger partial charge in [-0.1, -0.05) is 0 Å². The number of ether oxygens (including phenoxy) is 1. The van der Waals surface area contributed by atoms with E-state index in [1.165, 1.54) is 7.11 Å². The minimum atomic E-state index is -0.898. The van der Waals surface area contributed by atoms with Crippen molar-refractivity contribution in [1.29, 1.82) is 0 Å². The number of furan rings is 2. The molecule has 0 aliphatic carbocycles. The third-order valence-corrected chi connectivity index (χ3v) is 4.99. The third kappa shape index (κ3) is 4.47. The predicted molar refractivity (Wildman–Crippen MR) is 118 cm³/mol. The van der Waals surface area contributed by atoms with Gasteiger partial charge < -0.3 is 24.2 Å². The molecule has 0 aliphatic heterocycles. The molecule has 0 saturated heterocycles. The molecule has 9 heteroatoms. The summed E-state index contributed by atoms with van der Waals surface area (Å²) < 4.78 is 16.5. The molecule has 32 heavy (non-hydrogen) atoms. The summed E-state index contributed by atoms with van der Waals surface area (Å²) in [6.07, 6.45) is 0. The maximum atomic E-state index is 12.8. The van der Waals surface area contributed by atoms with E-state index in [1.807, 2.05) is 26.0 Å². The number of methoxy groups -OCH3 is 1. The SMILES string of the molecule is COC[C@@](C)(CNC(=O)c1cc2nc(C)ccc2o1)NC(=O)c1cc2nc(C)ccc2o1. The molecule has 0 radical (unpaired) electrons. The summed E-state index contributed by atoms with van der Waals surface area (Å²) in [5, 5.41) is 5.68. The Hall–Kier alpha value is -3.72. The molecule has 0 aromatic carbocycles. The average Bonchev–Trinajstić information content (AvgIpc) is 3.35. The highest BCUT2D eigenvalue weighted by atomic mass is 16.5. The first kappa shape index (κ1) is 21.5. The Bertz CT molecular complexity index is 1310. The summed E-state index contributed by atoms with van der Waals surface area (Å²) in [6.45, 7) is 5.77. The maximum Gasteiger partial charge on any atom is 0.287 e. The summed E-state index contributed by atoms with van der Waals surface area (Å²) >= 11 is 0. The van der Waals surface area contributed by atoms with E-state index in [1.54, 1.807) is 31.2 Å². The fourth-order valence-corrected chi connectivity index (χ4v) is 3.42. The van der Waals surface area contributed by atoms with Gasteiger partial charge in [0.25, 0.3) is 11.8 Å². The van der Waals surface area contributed by atoms with Crippen LogP contribution in [-0.4, -0.2) is 47.6 Å². The van der Waals surface area contributed by atoms with Crippen LogP contribution < -0.4 is 10.6 Å². The van der Waals surface area contributed by atoms with Crippen molar-refractivity contribution >= 4 is 34.0 Å². The van der Waals surface area contributed by atoms with E-state index in [4.69, 9.17) is 13.6 Å². The molecule has 2 amide bonds. The van der Waals surface area contributed by atoms with Gasteiger partial charge in [0.15, 0.2) is 22.7 Å². The lowest BCUT2D eigenvalue weighted by Crippen LogP contribution is -2.56. The zero-order valence-corrected chi connectivity index (χ0v) is 18.3. The van der Waals surface area contributed by atoms with Gasteiger partial charge in [0.1, 0.15) is 11.0 Å². The Morgan fingerprint density at radius 2 is 1.47 bits per heavy atom. The van der Waals surface area contributed by atoms with Crippen molar-refractivity contribution in [3.8, 4) is 0 Å². The Morgan fingerprint density at radius 1 is 0.938 bits per heavy atom. The van der Waals surface area contributed by atoms with Gasteiger partial charge in [-0.2, -0.15) is 0 Å². The predicted octanol–water partition coefficient (Wildman–Crippen LogP) is 3.15. The number of aryl methyl sites for hydroxylation is 2. The number of fused-ring (bicyclic) bond motifs is 2. The molecule has 9 nitrogen and oxygen atoms in total. The second-order valence-electron chi connectivity index (χ2n) is 8.02. The third-order valence-electron chi connectivity index (χ3n) is 4.99. The first-order chi connectivity index (χ1) is 15.3. The lowest BCUT2D eigenvalue weighted by Gasteiger charge is -2.29. The van der Waals surface area contributed by atoms with E-state index in [-0.39, 0.29) is 24.7 Å². The molecular weight excluding hydrogens is 412 g/mol.